The predicted octanol–water partition coefficient (Wildman–Crippen LogP) is 3.58. The molecule has 1 aromatic carbocycles. The second-order valence-corrected chi connectivity index (χ2v) is 7.57. The van der Waals surface area contributed by atoms with Gasteiger partial charge in [-0.25, -0.2) is 0 Å². The molecule has 1 aromatic rings. The molecule has 2 aliphatic rings. The highest BCUT2D eigenvalue weighted by atomic mass is 35.5. The summed E-state index contributed by atoms with van der Waals surface area (Å²) in [4.78, 5) is 26.7. The Morgan fingerprint density at radius 2 is 1.62 bits per heavy atom. The van der Waals surface area contributed by atoms with Crippen LogP contribution in [0.4, 0.5) is 5.69 Å². The summed E-state index contributed by atoms with van der Waals surface area (Å²) < 4.78 is 0. The largest absolute Gasteiger partial charge is 0.339 e. The quantitative estimate of drug-likeness (QED) is 0.820. The van der Waals surface area contributed by atoms with Gasteiger partial charge in [0.25, 0.3) is 5.91 Å². The van der Waals surface area contributed by atoms with Crippen LogP contribution < -0.4 is 11.1 Å². The van der Waals surface area contributed by atoms with Gasteiger partial charge in [0.05, 0.1) is 0 Å². The minimum absolute atomic E-state index is 0. The van der Waals surface area contributed by atoms with E-state index in [0.29, 0.717) is 18.5 Å². The van der Waals surface area contributed by atoms with Crippen LogP contribution in [0.5, 0.6) is 0 Å². The number of nitrogens with zero attached hydrogens (tertiary/aromatic N) is 1. The van der Waals surface area contributed by atoms with Gasteiger partial charge in [0.1, 0.15) is 0 Å². The van der Waals surface area contributed by atoms with Crippen molar-refractivity contribution >= 4 is 29.9 Å². The van der Waals surface area contributed by atoms with Gasteiger partial charge >= 0.3 is 0 Å². The van der Waals surface area contributed by atoms with Crippen LogP contribution in [0, 0.1) is 5.41 Å². The Bertz CT molecular complexity index is 606. The molecule has 1 heterocycles. The third-order valence-electron chi connectivity index (χ3n) is 5.69. The molecule has 144 valence electrons. The number of hydrogen-bond donors (Lipinski definition) is 2. The van der Waals surface area contributed by atoms with Gasteiger partial charge in [-0.1, -0.05) is 19.3 Å². The molecule has 3 rings (SSSR count). The minimum atomic E-state index is -0.0337. The lowest BCUT2D eigenvalue weighted by atomic mass is 9.71. The number of amides is 2. The van der Waals surface area contributed by atoms with Gasteiger partial charge < -0.3 is 16.0 Å². The highest BCUT2D eigenvalue weighted by Crippen LogP contribution is 2.38. The number of nitrogens with two attached hydrogens (primary N) is 1. The first-order valence-corrected chi connectivity index (χ1v) is 9.51. The fraction of sp³-hybridized carbons (Fsp3) is 0.600. The second-order valence-electron chi connectivity index (χ2n) is 7.57. The topological polar surface area (TPSA) is 75.4 Å². The first kappa shape index (κ1) is 20.7. The highest BCUT2D eigenvalue weighted by Gasteiger charge is 2.33. The maximum Gasteiger partial charge on any atom is 0.253 e. The minimum Gasteiger partial charge on any atom is -0.339 e. The Hall–Kier alpha value is -1.59. The van der Waals surface area contributed by atoms with Crippen LogP contribution in [-0.2, 0) is 4.79 Å². The molecule has 0 radical (unpaired) electrons. The Morgan fingerprint density at radius 3 is 2.19 bits per heavy atom. The molecule has 1 aliphatic heterocycles. The smallest absolute Gasteiger partial charge is 0.253 e. The van der Waals surface area contributed by atoms with Crippen molar-refractivity contribution in [3.63, 3.8) is 0 Å². The van der Waals surface area contributed by atoms with Crippen molar-refractivity contribution in [2.24, 2.45) is 11.1 Å². The number of anilines is 1. The van der Waals surface area contributed by atoms with Crippen molar-refractivity contribution in [3.05, 3.63) is 29.8 Å². The number of benzene rings is 1. The van der Waals surface area contributed by atoms with Crippen LogP contribution in [0.3, 0.4) is 0 Å². The number of carbonyl (C=O) groups excluding carboxylic acids is 2. The standard InChI is InChI=1S/C20H29N3O2.ClH/c21-15-20(10-2-1-3-11-20)14-18(24)22-17-8-6-16(7-9-17)19(25)23-12-4-5-13-23;/h6-9H,1-5,10-15,21H2,(H,22,24);1H. The molecule has 0 atom stereocenters. The van der Waals surface area contributed by atoms with Crippen LogP contribution >= 0.6 is 12.4 Å². The monoisotopic (exact) mass is 379 g/mol. The van der Waals surface area contributed by atoms with Crippen LogP contribution in [0.25, 0.3) is 0 Å². The second kappa shape index (κ2) is 9.38. The average molecular weight is 380 g/mol. The van der Waals surface area contributed by atoms with Gasteiger partial charge in [-0.05, 0) is 61.9 Å². The summed E-state index contributed by atoms with van der Waals surface area (Å²) in [6, 6.07) is 7.24. The first-order chi connectivity index (χ1) is 12.1. The molecular weight excluding hydrogens is 350 g/mol. The lowest BCUT2D eigenvalue weighted by Gasteiger charge is -2.35. The van der Waals surface area contributed by atoms with E-state index in [4.69, 9.17) is 5.73 Å². The molecule has 1 saturated carbocycles. The molecule has 2 amide bonds. The number of likely N-dealkylation sites (tertiary alicyclic amines) is 1. The summed E-state index contributed by atoms with van der Waals surface area (Å²) in [5.41, 5.74) is 7.36. The molecule has 0 bridgehead atoms. The molecule has 1 saturated heterocycles. The zero-order valence-electron chi connectivity index (χ0n) is 15.3. The van der Waals surface area contributed by atoms with E-state index in [1.54, 1.807) is 12.1 Å². The number of nitrogens with one attached hydrogen (secondary N) is 1. The van der Waals surface area contributed by atoms with Crippen molar-refractivity contribution < 1.29 is 9.59 Å². The molecular formula is C20H30ClN3O2. The number of halogens is 1. The normalized spacial score (nSPS) is 18.9. The van der Waals surface area contributed by atoms with Gasteiger partial charge in [0.15, 0.2) is 0 Å². The van der Waals surface area contributed by atoms with Crippen LogP contribution in [0.2, 0.25) is 0 Å². The lowest BCUT2D eigenvalue weighted by molar-refractivity contribution is -0.118. The molecule has 0 aromatic heterocycles. The summed E-state index contributed by atoms with van der Waals surface area (Å²) in [6.45, 7) is 2.26. The van der Waals surface area contributed by atoms with Gasteiger partial charge in [0, 0.05) is 30.8 Å². The number of hydrogen-bond acceptors (Lipinski definition) is 3. The Kier molecular flexibility index (Phi) is 7.47. The maximum absolute atomic E-state index is 12.4. The molecule has 1 aliphatic carbocycles. The van der Waals surface area contributed by atoms with E-state index in [9.17, 15) is 9.59 Å². The number of rotatable bonds is 5. The van der Waals surface area contributed by atoms with E-state index in [1.165, 1.54) is 6.42 Å². The summed E-state index contributed by atoms with van der Waals surface area (Å²) in [7, 11) is 0. The SMILES string of the molecule is Cl.NCC1(CC(=O)Nc2ccc(C(=O)N3CCCC3)cc2)CCCCC1. The van der Waals surface area contributed by atoms with Gasteiger partial charge in [-0.2, -0.15) is 0 Å². The lowest BCUT2D eigenvalue weighted by Crippen LogP contribution is -2.36. The molecule has 26 heavy (non-hydrogen) atoms. The predicted molar refractivity (Wildman–Crippen MR) is 107 cm³/mol. The Labute approximate surface area is 162 Å². The van der Waals surface area contributed by atoms with E-state index in [1.807, 2.05) is 17.0 Å². The Balaban J connectivity index is 0.00000243. The summed E-state index contributed by atoms with van der Waals surface area (Å²) in [5, 5.41) is 2.96. The zero-order chi connectivity index (χ0) is 17.7. The summed E-state index contributed by atoms with van der Waals surface area (Å²) >= 11 is 0. The van der Waals surface area contributed by atoms with E-state index < -0.39 is 0 Å². The highest BCUT2D eigenvalue weighted by molar-refractivity contribution is 5.96. The van der Waals surface area contributed by atoms with Gasteiger partial charge in [-0.15, -0.1) is 12.4 Å². The average Bonchev–Trinajstić information content (AvgIpc) is 3.17. The van der Waals surface area contributed by atoms with Crippen molar-refractivity contribution in [3.8, 4) is 0 Å². The molecule has 0 spiro atoms. The number of carbonyl (C=O) groups is 2. The van der Waals surface area contributed by atoms with Crippen molar-refractivity contribution in [2.75, 3.05) is 25.0 Å². The summed E-state index contributed by atoms with van der Waals surface area (Å²) in [6.07, 6.45) is 8.31. The fourth-order valence-corrected chi connectivity index (χ4v) is 4.10. The van der Waals surface area contributed by atoms with Crippen molar-refractivity contribution in [2.45, 2.75) is 51.4 Å². The zero-order valence-corrected chi connectivity index (χ0v) is 16.2. The van der Waals surface area contributed by atoms with Gasteiger partial charge in [-0.3, -0.25) is 9.59 Å². The third kappa shape index (κ3) is 4.98. The van der Waals surface area contributed by atoms with Crippen LogP contribution in [0.15, 0.2) is 24.3 Å². The van der Waals surface area contributed by atoms with E-state index >= 15 is 0 Å². The molecule has 3 N–H and O–H groups in total. The molecule has 0 unspecified atom stereocenters. The van der Waals surface area contributed by atoms with Crippen molar-refractivity contribution in [1.82, 2.24) is 4.90 Å². The third-order valence-corrected chi connectivity index (χ3v) is 5.69. The summed E-state index contributed by atoms with van der Waals surface area (Å²) in [5.74, 6) is 0.102. The van der Waals surface area contributed by atoms with Crippen molar-refractivity contribution in [1.29, 1.82) is 0 Å². The first-order valence-electron chi connectivity index (χ1n) is 9.51. The maximum atomic E-state index is 12.4. The van der Waals surface area contributed by atoms with Gasteiger partial charge in [0.2, 0.25) is 5.91 Å². The van der Waals surface area contributed by atoms with E-state index in [-0.39, 0.29) is 29.6 Å². The Morgan fingerprint density at radius 1 is 1.00 bits per heavy atom. The van der Waals surface area contributed by atoms with E-state index in [2.05, 4.69) is 5.32 Å². The molecule has 5 nitrogen and oxygen atoms in total. The van der Waals surface area contributed by atoms with Crippen LogP contribution in [-0.4, -0.2) is 36.3 Å². The molecule has 6 heteroatoms. The van der Waals surface area contributed by atoms with Crippen LogP contribution in [0.1, 0.15) is 61.7 Å². The fourth-order valence-electron chi connectivity index (χ4n) is 4.10. The van der Waals surface area contributed by atoms with E-state index in [0.717, 1.165) is 57.3 Å². The molecule has 2 fully saturated rings.